The molecule has 1 nitrogen and oxygen atoms in total. The average molecular weight is 236 g/mol. The highest BCUT2D eigenvalue weighted by molar-refractivity contribution is 5.05. The zero-order chi connectivity index (χ0) is 12.2. The molecule has 2 unspecified atom stereocenters. The number of hydrogen-bond acceptors (Lipinski definition) is 1. The monoisotopic (exact) mass is 236 g/mol. The van der Waals surface area contributed by atoms with Gasteiger partial charge in [0, 0.05) is 5.92 Å². The summed E-state index contributed by atoms with van der Waals surface area (Å²) in [6.07, 6.45) is 1.59. The van der Waals surface area contributed by atoms with Crippen LogP contribution in [0.5, 0.6) is 0 Å². The van der Waals surface area contributed by atoms with Crippen LogP contribution < -0.4 is 0 Å². The van der Waals surface area contributed by atoms with Crippen molar-refractivity contribution in [1.29, 1.82) is 0 Å². The topological polar surface area (TPSA) is 20.2 Å². The fraction of sp³-hybridized carbons (Fsp3) is 0.833. The molecule has 0 aliphatic heterocycles. The van der Waals surface area contributed by atoms with Crippen molar-refractivity contribution in [2.45, 2.75) is 57.2 Å². The Labute approximate surface area is 94.3 Å². The van der Waals surface area contributed by atoms with Gasteiger partial charge in [-0.15, -0.1) is 0 Å². The van der Waals surface area contributed by atoms with Crippen LogP contribution in [0.3, 0.4) is 0 Å². The van der Waals surface area contributed by atoms with Gasteiger partial charge in [-0.2, -0.15) is 13.2 Å². The van der Waals surface area contributed by atoms with Crippen LogP contribution in [-0.4, -0.2) is 16.9 Å². The molecule has 16 heavy (non-hydrogen) atoms. The van der Waals surface area contributed by atoms with Gasteiger partial charge >= 0.3 is 6.18 Å². The SMILES string of the molecule is CCCCC(O)(C1C=CCCC1)C(F)(F)F. The van der Waals surface area contributed by atoms with Crippen molar-refractivity contribution >= 4 is 0 Å². The molecule has 4 heteroatoms. The number of hydrogen-bond donors (Lipinski definition) is 1. The van der Waals surface area contributed by atoms with Gasteiger partial charge in [-0.3, -0.25) is 0 Å². The van der Waals surface area contributed by atoms with Gasteiger partial charge in [0.25, 0.3) is 0 Å². The molecule has 0 fully saturated rings. The molecule has 0 amide bonds. The quantitative estimate of drug-likeness (QED) is 0.735. The Morgan fingerprint density at radius 3 is 2.50 bits per heavy atom. The van der Waals surface area contributed by atoms with E-state index < -0.39 is 17.7 Å². The third-order valence-corrected chi connectivity index (χ3v) is 3.27. The molecule has 94 valence electrons. The fourth-order valence-corrected chi connectivity index (χ4v) is 2.19. The second-order valence-electron chi connectivity index (χ2n) is 4.49. The number of aliphatic hydroxyl groups is 1. The predicted octanol–water partition coefficient (Wildman–Crippen LogP) is 3.83. The molecule has 0 bridgehead atoms. The zero-order valence-electron chi connectivity index (χ0n) is 9.56. The second-order valence-corrected chi connectivity index (χ2v) is 4.49. The van der Waals surface area contributed by atoms with Crippen LogP contribution in [0.15, 0.2) is 12.2 Å². The Hall–Kier alpha value is -0.510. The molecule has 1 aliphatic carbocycles. The zero-order valence-corrected chi connectivity index (χ0v) is 9.56. The van der Waals surface area contributed by atoms with Gasteiger partial charge in [-0.25, -0.2) is 0 Å². The maximum atomic E-state index is 12.9. The summed E-state index contributed by atoms with van der Waals surface area (Å²) in [7, 11) is 0. The number of alkyl halides is 3. The Morgan fingerprint density at radius 1 is 1.38 bits per heavy atom. The summed E-state index contributed by atoms with van der Waals surface area (Å²) in [5.74, 6) is -0.771. The molecule has 0 radical (unpaired) electrons. The molecule has 0 aromatic heterocycles. The van der Waals surface area contributed by atoms with Gasteiger partial charge in [0.05, 0.1) is 0 Å². The molecular formula is C12H19F3O. The highest BCUT2D eigenvalue weighted by Gasteiger charge is 2.56. The number of rotatable bonds is 4. The molecule has 1 N–H and O–H groups in total. The van der Waals surface area contributed by atoms with E-state index in [9.17, 15) is 18.3 Å². The molecule has 2 atom stereocenters. The summed E-state index contributed by atoms with van der Waals surface area (Å²) in [6, 6.07) is 0. The van der Waals surface area contributed by atoms with Crippen LogP contribution in [0.4, 0.5) is 13.2 Å². The number of unbranched alkanes of at least 4 members (excludes halogenated alkanes) is 1. The summed E-state index contributed by atoms with van der Waals surface area (Å²) in [5.41, 5.74) is -2.53. The summed E-state index contributed by atoms with van der Waals surface area (Å²) in [6.45, 7) is 1.83. The van der Waals surface area contributed by atoms with Crippen LogP contribution in [0.2, 0.25) is 0 Å². The van der Waals surface area contributed by atoms with E-state index in [1.807, 2.05) is 6.92 Å². The number of allylic oxidation sites excluding steroid dienone is 1. The van der Waals surface area contributed by atoms with Crippen molar-refractivity contribution < 1.29 is 18.3 Å². The average Bonchev–Trinajstić information content (AvgIpc) is 2.25. The maximum Gasteiger partial charge on any atom is 0.417 e. The van der Waals surface area contributed by atoms with E-state index in [4.69, 9.17) is 0 Å². The highest BCUT2D eigenvalue weighted by Crippen LogP contribution is 2.43. The standard InChI is InChI=1S/C12H19F3O/c1-2-3-9-11(16,12(13,14)15)10-7-5-4-6-8-10/h5,7,10,16H,2-4,6,8-9H2,1H3. The minimum Gasteiger partial charge on any atom is -0.380 e. The minimum absolute atomic E-state index is 0.192. The maximum absolute atomic E-state index is 12.9. The van der Waals surface area contributed by atoms with Gasteiger partial charge in [0.15, 0.2) is 5.60 Å². The van der Waals surface area contributed by atoms with E-state index in [-0.39, 0.29) is 6.42 Å². The lowest BCUT2D eigenvalue weighted by molar-refractivity contribution is -0.278. The fourth-order valence-electron chi connectivity index (χ4n) is 2.19. The van der Waals surface area contributed by atoms with Gasteiger partial charge in [-0.1, -0.05) is 31.9 Å². The van der Waals surface area contributed by atoms with Crippen molar-refractivity contribution in [3.8, 4) is 0 Å². The second kappa shape index (κ2) is 5.21. The Bertz CT molecular complexity index is 247. The van der Waals surface area contributed by atoms with E-state index in [1.165, 1.54) is 6.08 Å². The van der Waals surface area contributed by atoms with Gasteiger partial charge in [-0.05, 0) is 25.7 Å². The summed E-state index contributed by atoms with van der Waals surface area (Å²) in [5, 5.41) is 9.93. The van der Waals surface area contributed by atoms with Crippen LogP contribution in [0.25, 0.3) is 0 Å². The first-order chi connectivity index (χ1) is 7.42. The normalized spacial score (nSPS) is 25.4. The third kappa shape index (κ3) is 2.78. The first-order valence-electron chi connectivity index (χ1n) is 5.87. The van der Waals surface area contributed by atoms with Crippen LogP contribution in [-0.2, 0) is 0 Å². The van der Waals surface area contributed by atoms with Crippen LogP contribution in [0.1, 0.15) is 45.4 Å². The van der Waals surface area contributed by atoms with Crippen LogP contribution in [0, 0.1) is 5.92 Å². The minimum atomic E-state index is -4.53. The predicted molar refractivity (Wildman–Crippen MR) is 57.0 cm³/mol. The van der Waals surface area contributed by atoms with E-state index >= 15 is 0 Å². The lowest BCUT2D eigenvalue weighted by Crippen LogP contribution is -2.51. The molecule has 0 aromatic carbocycles. The first kappa shape index (κ1) is 13.6. The smallest absolute Gasteiger partial charge is 0.380 e. The van der Waals surface area contributed by atoms with Crippen molar-refractivity contribution in [3.05, 3.63) is 12.2 Å². The third-order valence-electron chi connectivity index (χ3n) is 3.27. The molecular weight excluding hydrogens is 217 g/mol. The van der Waals surface area contributed by atoms with Crippen LogP contribution >= 0.6 is 0 Å². The van der Waals surface area contributed by atoms with Gasteiger partial charge in [0.1, 0.15) is 0 Å². The Kier molecular flexibility index (Phi) is 4.42. The highest BCUT2D eigenvalue weighted by atomic mass is 19.4. The molecule has 1 rings (SSSR count). The Morgan fingerprint density at radius 2 is 2.06 bits per heavy atom. The molecule has 0 saturated carbocycles. The largest absolute Gasteiger partial charge is 0.417 e. The van der Waals surface area contributed by atoms with E-state index in [0.29, 0.717) is 19.3 Å². The van der Waals surface area contributed by atoms with E-state index in [1.54, 1.807) is 6.08 Å². The molecule has 0 heterocycles. The summed E-state index contributed by atoms with van der Waals surface area (Å²) >= 11 is 0. The van der Waals surface area contributed by atoms with E-state index in [0.717, 1.165) is 12.8 Å². The van der Waals surface area contributed by atoms with Gasteiger partial charge < -0.3 is 5.11 Å². The molecule has 1 aliphatic rings. The van der Waals surface area contributed by atoms with Crippen molar-refractivity contribution in [3.63, 3.8) is 0 Å². The summed E-state index contributed by atoms with van der Waals surface area (Å²) in [4.78, 5) is 0. The number of halogens is 3. The molecule has 0 spiro atoms. The summed E-state index contributed by atoms with van der Waals surface area (Å²) < 4.78 is 38.8. The Balaban J connectivity index is 2.84. The first-order valence-corrected chi connectivity index (χ1v) is 5.87. The van der Waals surface area contributed by atoms with E-state index in [2.05, 4.69) is 0 Å². The van der Waals surface area contributed by atoms with Gasteiger partial charge in [0.2, 0.25) is 0 Å². The lowest BCUT2D eigenvalue weighted by Gasteiger charge is -2.37. The lowest BCUT2D eigenvalue weighted by atomic mass is 9.77. The molecule has 0 aromatic rings. The van der Waals surface area contributed by atoms with Crippen molar-refractivity contribution in [1.82, 2.24) is 0 Å². The van der Waals surface area contributed by atoms with Crippen molar-refractivity contribution in [2.24, 2.45) is 5.92 Å². The molecule has 0 saturated heterocycles. The van der Waals surface area contributed by atoms with Crippen molar-refractivity contribution in [2.75, 3.05) is 0 Å².